The highest BCUT2D eigenvalue weighted by atomic mass is 16.5. The Morgan fingerprint density at radius 3 is 2.65 bits per heavy atom. The fourth-order valence-corrected chi connectivity index (χ4v) is 2.28. The van der Waals surface area contributed by atoms with E-state index >= 15 is 0 Å². The molecule has 3 nitrogen and oxygen atoms in total. The van der Waals surface area contributed by atoms with Crippen molar-refractivity contribution >= 4 is 0 Å². The summed E-state index contributed by atoms with van der Waals surface area (Å²) in [5.74, 6) is 1.64. The Morgan fingerprint density at radius 1 is 1.35 bits per heavy atom. The molecule has 17 heavy (non-hydrogen) atoms. The molecule has 2 rings (SSSR count). The molecule has 0 radical (unpaired) electrons. The van der Waals surface area contributed by atoms with Crippen LogP contribution in [0.3, 0.4) is 0 Å². The number of hydrogen-bond donors (Lipinski definition) is 1. The van der Waals surface area contributed by atoms with Crippen LogP contribution in [0.1, 0.15) is 25.0 Å². The molecular weight excluding hydrogens is 216 g/mol. The third kappa shape index (κ3) is 2.79. The summed E-state index contributed by atoms with van der Waals surface area (Å²) in [4.78, 5) is 0. The lowest BCUT2D eigenvalue weighted by molar-refractivity contribution is -0.0556. The maximum absolute atomic E-state index is 9.33. The molecule has 3 atom stereocenters. The standard InChI is InChI=1S/C14H20O3/c1-10-9-17-14(7-12(10)8-15)11-3-5-13(16-2)6-4-11/h3-6,10,12,14-15H,7-9H2,1-2H3/t10-,12+,14-/m1/s1. The van der Waals surface area contributed by atoms with Crippen molar-refractivity contribution in [2.45, 2.75) is 19.4 Å². The molecule has 1 aliphatic heterocycles. The molecule has 1 aliphatic rings. The first-order chi connectivity index (χ1) is 8.24. The lowest BCUT2D eigenvalue weighted by Gasteiger charge is -2.33. The van der Waals surface area contributed by atoms with Gasteiger partial charge in [-0.2, -0.15) is 0 Å². The van der Waals surface area contributed by atoms with Gasteiger partial charge in [-0.25, -0.2) is 0 Å². The SMILES string of the molecule is COc1ccc([C@H]2C[C@@H](CO)[C@H](C)CO2)cc1. The lowest BCUT2D eigenvalue weighted by atomic mass is 9.85. The summed E-state index contributed by atoms with van der Waals surface area (Å²) in [5.41, 5.74) is 1.16. The molecule has 94 valence electrons. The second kappa shape index (κ2) is 5.52. The topological polar surface area (TPSA) is 38.7 Å². The maximum atomic E-state index is 9.33. The normalized spacial score (nSPS) is 29.0. The minimum atomic E-state index is 0.106. The van der Waals surface area contributed by atoms with Crippen LogP contribution in [-0.4, -0.2) is 25.4 Å². The number of aliphatic hydroxyl groups is 1. The minimum absolute atomic E-state index is 0.106. The molecule has 1 saturated heterocycles. The summed E-state index contributed by atoms with van der Waals surface area (Å²) in [6, 6.07) is 7.97. The molecule has 1 heterocycles. The Hall–Kier alpha value is -1.06. The van der Waals surface area contributed by atoms with Gasteiger partial charge in [0, 0.05) is 6.61 Å². The second-order valence-corrected chi connectivity index (χ2v) is 4.75. The second-order valence-electron chi connectivity index (χ2n) is 4.75. The number of benzene rings is 1. The first kappa shape index (κ1) is 12.4. The van der Waals surface area contributed by atoms with Crippen molar-refractivity contribution in [1.82, 2.24) is 0 Å². The highest BCUT2D eigenvalue weighted by Gasteiger charge is 2.28. The Kier molecular flexibility index (Phi) is 4.02. The zero-order valence-electron chi connectivity index (χ0n) is 10.4. The van der Waals surface area contributed by atoms with Crippen LogP contribution in [0.4, 0.5) is 0 Å². The van der Waals surface area contributed by atoms with Crippen LogP contribution in [0.5, 0.6) is 5.75 Å². The lowest BCUT2D eigenvalue weighted by Crippen LogP contribution is -2.29. The number of rotatable bonds is 3. The highest BCUT2D eigenvalue weighted by molar-refractivity contribution is 5.28. The van der Waals surface area contributed by atoms with Gasteiger partial charge in [0.1, 0.15) is 5.75 Å². The van der Waals surface area contributed by atoms with Gasteiger partial charge in [0.15, 0.2) is 0 Å². The van der Waals surface area contributed by atoms with Crippen LogP contribution in [0.2, 0.25) is 0 Å². The van der Waals surface area contributed by atoms with Crippen LogP contribution < -0.4 is 4.74 Å². The summed E-state index contributed by atoms with van der Waals surface area (Å²) >= 11 is 0. The summed E-state index contributed by atoms with van der Waals surface area (Å²) in [6.45, 7) is 3.10. The van der Waals surface area contributed by atoms with Crippen molar-refractivity contribution in [3.8, 4) is 5.75 Å². The van der Waals surface area contributed by atoms with E-state index in [1.54, 1.807) is 7.11 Å². The van der Waals surface area contributed by atoms with Gasteiger partial charge in [-0.15, -0.1) is 0 Å². The number of methoxy groups -OCH3 is 1. The predicted octanol–water partition coefficient (Wildman–Crippen LogP) is 2.40. The molecule has 1 aromatic carbocycles. The first-order valence-electron chi connectivity index (χ1n) is 6.11. The average molecular weight is 236 g/mol. The van der Waals surface area contributed by atoms with Crippen molar-refractivity contribution in [2.75, 3.05) is 20.3 Å². The monoisotopic (exact) mass is 236 g/mol. The van der Waals surface area contributed by atoms with Gasteiger partial charge in [0.25, 0.3) is 0 Å². The summed E-state index contributed by atoms with van der Waals surface area (Å²) in [7, 11) is 1.66. The molecule has 1 N–H and O–H groups in total. The molecular formula is C14H20O3. The minimum Gasteiger partial charge on any atom is -0.497 e. The summed E-state index contributed by atoms with van der Waals surface area (Å²) in [6.07, 6.45) is 0.999. The smallest absolute Gasteiger partial charge is 0.118 e. The molecule has 1 fully saturated rings. The Morgan fingerprint density at radius 2 is 2.06 bits per heavy atom. The van der Waals surface area contributed by atoms with Gasteiger partial charge in [-0.3, -0.25) is 0 Å². The van der Waals surface area contributed by atoms with Crippen LogP contribution in [0, 0.1) is 11.8 Å². The number of hydrogen-bond acceptors (Lipinski definition) is 3. The predicted molar refractivity (Wildman–Crippen MR) is 66.0 cm³/mol. The molecule has 0 amide bonds. The Labute approximate surface area is 102 Å². The zero-order chi connectivity index (χ0) is 12.3. The maximum Gasteiger partial charge on any atom is 0.118 e. The third-order valence-corrected chi connectivity index (χ3v) is 3.60. The highest BCUT2D eigenvalue weighted by Crippen LogP contribution is 2.34. The molecule has 0 unspecified atom stereocenters. The van der Waals surface area contributed by atoms with Crippen molar-refractivity contribution < 1.29 is 14.6 Å². The van der Waals surface area contributed by atoms with Crippen LogP contribution >= 0.6 is 0 Å². The fourth-order valence-electron chi connectivity index (χ4n) is 2.28. The van der Waals surface area contributed by atoms with Gasteiger partial charge in [-0.1, -0.05) is 19.1 Å². The summed E-state index contributed by atoms with van der Waals surface area (Å²) in [5, 5.41) is 9.33. The molecule has 0 spiro atoms. The van der Waals surface area contributed by atoms with Gasteiger partial charge >= 0.3 is 0 Å². The molecule has 0 bridgehead atoms. The molecule has 0 aliphatic carbocycles. The van der Waals surface area contributed by atoms with Gasteiger partial charge in [0.05, 0.1) is 19.8 Å². The Balaban J connectivity index is 2.06. The van der Waals surface area contributed by atoms with Crippen LogP contribution in [0.15, 0.2) is 24.3 Å². The van der Waals surface area contributed by atoms with E-state index in [0.717, 1.165) is 24.3 Å². The van der Waals surface area contributed by atoms with Crippen molar-refractivity contribution in [1.29, 1.82) is 0 Å². The number of aliphatic hydroxyl groups excluding tert-OH is 1. The van der Waals surface area contributed by atoms with Crippen LogP contribution in [0.25, 0.3) is 0 Å². The van der Waals surface area contributed by atoms with E-state index < -0.39 is 0 Å². The van der Waals surface area contributed by atoms with E-state index in [2.05, 4.69) is 6.92 Å². The average Bonchev–Trinajstić information content (AvgIpc) is 2.39. The fraction of sp³-hybridized carbons (Fsp3) is 0.571. The quantitative estimate of drug-likeness (QED) is 0.875. The van der Waals surface area contributed by atoms with Crippen molar-refractivity contribution in [3.05, 3.63) is 29.8 Å². The van der Waals surface area contributed by atoms with Crippen molar-refractivity contribution in [3.63, 3.8) is 0 Å². The number of ether oxygens (including phenoxy) is 2. The van der Waals surface area contributed by atoms with Gasteiger partial charge in [-0.05, 0) is 36.0 Å². The Bertz CT molecular complexity index is 347. The van der Waals surface area contributed by atoms with E-state index in [1.807, 2.05) is 24.3 Å². The molecule has 0 saturated carbocycles. The molecule has 3 heteroatoms. The summed E-state index contributed by atoms with van der Waals surface area (Å²) < 4.78 is 11.0. The molecule has 0 aromatic heterocycles. The van der Waals surface area contributed by atoms with Gasteiger partial charge in [0.2, 0.25) is 0 Å². The largest absolute Gasteiger partial charge is 0.497 e. The third-order valence-electron chi connectivity index (χ3n) is 3.60. The van der Waals surface area contributed by atoms with Crippen molar-refractivity contribution in [2.24, 2.45) is 11.8 Å². The van der Waals surface area contributed by atoms with E-state index in [4.69, 9.17) is 9.47 Å². The first-order valence-corrected chi connectivity index (χ1v) is 6.11. The van der Waals surface area contributed by atoms with Crippen LogP contribution in [-0.2, 0) is 4.74 Å². The van der Waals surface area contributed by atoms with E-state index in [-0.39, 0.29) is 12.7 Å². The van der Waals surface area contributed by atoms with E-state index in [9.17, 15) is 5.11 Å². The zero-order valence-corrected chi connectivity index (χ0v) is 10.4. The van der Waals surface area contributed by atoms with E-state index in [1.165, 1.54) is 0 Å². The van der Waals surface area contributed by atoms with E-state index in [0.29, 0.717) is 11.8 Å². The molecule has 1 aromatic rings. The van der Waals surface area contributed by atoms with Gasteiger partial charge < -0.3 is 14.6 Å².